The summed E-state index contributed by atoms with van der Waals surface area (Å²) in [6.45, 7) is 4.35. The molecule has 2 heterocycles. The Morgan fingerprint density at radius 2 is 1.76 bits per heavy atom. The molecule has 1 fully saturated rings. The van der Waals surface area contributed by atoms with Gasteiger partial charge in [-0.25, -0.2) is 0 Å². The zero-order valence-corrected chi connectivity index (χ0v) is 23.3. The molecule has 0 bridgehead atoms. The van der Waals surface area contributed by atoms with Crippen LogP contribution >= 0.6 is 0 Å². The van der Waals surface area contributed by atoms with Crippen molar-refractivity contribution >= 4 is 5.69 Å². The van der Waals surface area contributed by atoms with Crippen molar-refractivity contribution in [2.45, 2.75) is 37.3 Å². The Morgan fingerprint density at radius 3 is 2.45 bits per heavy atom. The lowest BCUT2D eigenvalue weighted by Gasteiger charge is -2.36. The quantitative estimate of drug-likeness (QED) is 0.214. The Kier molecular flexibility index (Phi) is 9.61. The zero-order chi connectivity index (χ0) is 29.5. The molecule has 3 aromatic rings. The summed E-state index contributed by atoms with van der Waals surface area (Å²) in [4.78, 5) is 14.1. The molecule has 0 aliphatic carbocycles. The lowest BCUT2D eigenvalue weighted by molar-refractivity contribution is -0.137. The molecular weight excluding hydrogens is 551 g/mol. The van der Waals surface area contributed by atoms with Crippen LogP contribution in [0.4, 0.5) is 18.9 Å². The van der Waals surface area contributed by atoms with Crippen LogP contribution in [0.15, 0.2) is 71.9 Å². The first-order valence-corrected chi connectivity index (χ1v) is 13.9. The van der Waals surface area contributed by atoms with Gasteiger partial charge in [0.25, 0.3) is 0 Å². The van der Waals surface area contributed by atoms with Crippen molar-refractivity contribution in [2.75, 3.05) is 51.4 Å². The Morgan fingerprint density at radius 1 is 1.02 bits per heavy atom. The van der Waals surface area contributed by atoms with Gasteiger partial charge in [0.1, 0.15) is 29.9 Å². The topological polar surface area (TPSA) is 81.6 Å². The Bertz CT molecular complexity index is 1320. The number of rotatable bonds is 11. The van der Waals surface area contributed by atoms with Crippen LogP contribution in [0.5, 0.6) is 17.2 Å². The average Bonchev–Trinajstić information content (AvgIpc) is 3.00. The molecule has 0 amide bonds. The molecule has 0 radical (unpaired) electrons. The number of nitrogens with one attached hydrogen (secondary N) is 1. The van der Waals surface area contributed by atoms with E-state index in [-0.39, 0.29) is 12.0 Å². The Labute approximate surface area is 242 Å². The van der Waals surface area contributed by atoms with Crippen molar-refractivity contribution in [2.24, 2.45) is 5.18 Å². The Balaban J connectivity index is 1.26. The first-order valence-electron chi connectivity index (χ1n) is 13.9. The molecule has 3 aromatic carbocycles. The summed E-state index contributed by atoms with van der Waals surface area (Å²) in [6, 6.07) is 17.2. The second-order valence-electron chi connectivity index (χ2n) is 10.4. The van der Waals surface area contributed by atoms with E-state index in [0.29, 0.717) is 44.4 Å². The lowest BCUT2D eigenvalue weighted by Crippen LogP contribution is -2.48. The van der Waals surface area contributed by atoms with Gasteiger partial charge in [-0.05, 0) is 66.1 Å². The van der Waals surface area contributed by atoms with Gasteiger partial charge in [-0.15, -0.1) is 0 Å². The summed E-state index contributed by atoms with van der Waals surface area (Å²) in [5, 5.41) is 6.64. The average molecular weight is 586 g/mol. The number of nitroso groups, excluding NO2 is 1. The number of hydrogen-bond acceptors (Lipinski definition) is 8. The van der Waals surface area contributed by atoms with Crippen molar-refractivity contribution in [3.63, 3.8) is 0 Å². The van der Waals surface area contributed by atoms with E-state index in [1.54, 1.807) is 19.2 Å². The largest absolute Gasteiger partial charge is 0.490 e. The van der Waals surface area contributed by atoms with Gasteiger partial charge in [-0.3, -0.25) is 0 Å². The van der Waals surface area contributed by atoms with Crippen LogP contribution in [0.25, 0.3) is 0 Å². The number of methoxy groups -OCH3 is 1. The van der Waals surface area contributed by atoms with Crippen molar-refractivity contribution in [1.29, 1.82) is 0 Å². The molecule has 1 saturated heterocycles. The Hall–Kier alpha value is -3.67. The summed E-state index contributed by atoms with van der Waals surface area (Å²) < 4.78 is 61.7. The maximum absolute atomic E-state index is 12.9. The highest BCUT2D eigenvalue weighted by molar-refractivity contribution is 5.61. The highest BCUT2D eigenvalue weighted by Crippen LogP contribution is 2.36. The first-order chi connectivity index (χ1) is 20.4. The number of hydrogen-bond donors (Lipinski definition) is 1. The van der Waals surface area contributed by atoms with E-state index < -0.39 is 17.8 Å². The highest BCUT2D eigenvalue weighted by Gasteiger charge is 2.36. The van der Waals surface area contributed by atoms with Gasteiger partial charge in [0, 0.05) is 39.3 Å². The standard InChI is InChI=1S/C31H34F3N3O5/c1-39-15-2-13-37-14-16-40-28-12-3-21(17-27(28)37)20-41-29-19-35-18-26(36-38)30(29)22-4-8-24(9-5-22)42-25-10-6-23(7-11-25)31(32,33)34/h3-12,17,26,29-30,35H,2,13-16,18-20H2,1H3/t26-,29+,30+/m1/s1. The van der Waals surface area contributed by atoms with Gasteiger partial charge in [-0.1, -0.05) is 23.4 Å². The maximum Gasteiger partial charge on any atom is 0.416 e. The number of fused-ring (bicyclic) bond motifs is 1. The van der Waals surface area contributed by atoms with Crippen LogP contribution in [0.2, 0.25) is 0 Å². The van der Waals surface area contributed by atoms with Crippen LogP contribution in [-0.4, -0.2) is 58.6 Å². The van der Waals surface area contributed by atoms with Gasteiger partial charge in [0.05, 0.1) is 30.5 Å². The predicted octanol–water partition coefficient (Wildman–Crippen LogP) is 6.14. The molecular formula is C31H34F3N3O5. The molecule has 8 nitrogen and oxygen atoms in total. The maximum atomic E-state index is 12.9. The molecule has 0 aromatic heterocycles. The minimum atomic E-state index is -4.41. The van der Waals surface area contributed by atoms with Gasteiger partial charge in [0.15, 0.2) is 0 Å². The van der Waals surface area contributed by atoms with E-state index in [1.807, 2.05) is 24.3 Å². The molecule has 0 saturated carbocycles. The van der Waals surface area contributed by atoms with Crippen LogP contribution in [-0.2, 0) is 22.3 Å². The second kappa shape index (κ2) is 13.5. The summed E-state index contributed by atoms with van der Waals surface area (Å²) in [5.74, 6) is 1.32. The van der Waals surface area contributed by atoms with E-state index in [2.05, 4.69) is 21.5 Å². The minimum absolute atomic E-state index is 0.282. The molecule has 2 aliphatic rings. The van der Waals surface area contributed by atoms with Gasteiger partial charge in [-0.2, -0.15) is 18.1 Å². The molecule has 11 heteroatoms. The SMILES string of the molecule is COCCCN1CCOc2ccc(CO[C@H]3CNC[C@@H](N=O)[C@@H]3c3ccc(Oc4ccc(C(F)(F)F)cc4)cc3)cc21. The van der Waals surface area contributed by atoms with Gasteiger partial charge < -0.3 is 29.2 Å². The molecule has 3 atom stereocenters. The molecule has 0 spiro atoms. The normalized spacial score (nSPS) is 20.5. The van der Waals surface area contributed by atoms with Crippen LogP contribution < -0.4 is 19.7 Å². The van der Waals surface area contributed by atoms with Crippen molar-refractivity contribution < 1.29 is 32.1 Å². The number of halogens is 3. The highest BCUT2D eigenvalue weighted by atomic mass is 19.4. The molecule has 5 rings (SSSR count). The van der Waals surface area contributed by atoms with E-state index >= 15 is 0 Å². The number of ether oxygens (including phenoxy) is 4. The third-order valence-corrected chi connectivity index (χ3v) is 7.56. The number of nitrogens with zero attached hydrogens (tertiary/aromatic N) is 2. The lowest BCUT2D eigenvalue weighted by atomic mass is 9.84. The third kappa shape index (κ3) is 7.21. The van der Waals surface area contributed by atoms with E-state index in [4.69, 9.17) is 18.9 Å². The molecule has 42 heavy (non-hydrogen) atoms. The van der Waals surface area contributed by atoms with Crippen molar-refractivity contribution in [1.82, 2.24) is 5.32 Å². The minimum Gasteiger partial charge on any atom is -0.490 e. The summed E-state index contributed by atoms with van der Waals surface area (Å²) >= 11 is 0. The summed E-state index contributed by atoms with van der Waals surface area (Å²) in [6.07, 6.45) is -3.80. The molecule has 0 unspecified atom stereocenters. The van der Waals surface area contributed by atoms with Gasteiger partial charge in [0.2, 0.25) is 0 Å². The zero-order valence-electron chi connectivity index (χ0n) is 23.3. The summed E-state index contributed by atoms with van der Waals surface area (Å²) in [7, 11) is 1.70. The fourth-order valence-corrected chi connectivity index (χ4v) is 5.43. The fourth-order valence-electron chi connectivity index (χ4n) is 5.43. The first kappa shape index (κ1) is 29.8. The van der Waals surface area contributed by atoms with Crippen LogP contribution in [0.1, 0.15) is 29.0 Å². The van der Waals surface area contributed by atoms with E-state index in [0.717, 1.165) is 54.2 Å². The van der Waals surface area contributed by atoms with E-state index in [9.17, 15) is 18.1 Å². The molecule has 1 N–H and O–H groups in total. The molecule has 2 aliphatic heterocycles. The second-order valence-corrected chi connectivity index (χ2v) is 10.4. The molecule has 224 valence electrons. The fraction of sp³-hybridized carbons (Fsp3) is 0.419. The van der Waals surface area contributed by atoms with Crippen molar-refractivity contribution in [3.8, 4) is 17.2 Å². The number of piperidine rings is 1. The third-order valence-electron chi connectivity index (χ3n) is 7.56. The van der Waals surface area contributed by atoms with Crippen LogP contribution in [0.3, 0.4) is 0 Å². The monoisotopic (exact) mass is 585 g/mol. The number of benzene rings is 3. The van der Waals surface area contributed by atoms with Crippen LogP contribution in [0, 0.1) is 4.91 Å². The number of alkyl halides is 3. The van der Waals surface area contributed by atoms with Crippen molar-refractivity contribution in [3.05, 3.63) is 88.3 Å². The number of anilines is 1. The smallest absolute Gasteiger partial charge is 0.416 e. The van der Waals surface area contributed by atoms with E-state index in [1.165, 1.54) is 12.1 Å². The van der Waals surface area contributed by atoms with Gasteiger partial charge >= 0.3 is 6.18 Å². The predicted molar refractivity (Wildman–Crippen MR) is 152 cm³/mol. The summed E-state index contributed by atoms with van der Waals surface area (Å²) in [5.41, 5.74) is 2.16.